The van der Waals surface area contributed by atoms with E-state index in [9.17, 15) is 8.42 Å². The molecule has 0 N–H and O–H groups in total. The van der Waals surface area contributed by atoms with E-state index in [2.05, 4.69) is 39.3 Å². The molecule has 8 heteroatoms. The zero-order valence-corrected chi connectivity index (χ0v) is 19.9. The van der Waals surface area contributed by atoms with Gasteiger partial charge in [-0.25, -0.2) is 18.4 Å². The van der Waals surface area contributed by atoms with Gasteiger partial charge >= 0.3 is 0 Å². The van der Waals surface area contributed by atoms with Crippen LogP contribution in [-0.4, -0.2) is 40.2 Å². The molecule has 0 aliphatic carbocycles. The Hall–Kier alpha value is -2.03. The Morgan fingerprint density at radius 3 is 2.47 bits per heavy atom. The summed E-state index contributed by atoms with van der Waals surface area (Å²) in [6, 6.07) is 10.2. The fraction of sp³-hybridized carbons (Fsp3) is 0.455. The molecule has 162 valence electrons. The summed E-state index contributed by atoms with van der Waals surface area (Å²) >= 11 is 1.65. The van der Waals surface area contributed by atoms with Crippen molar-refractivity contribution in [3.05, 3.63) is 63.9 Å². The van der Waals surface area contributed by atoms with Gasteiger partial charge in [0.2, 0.25) is 15.0 Å². The third-order valence-electron chi connectivity index (χ3n) is 5.31. The first-order valence-corrected chi connectivity index (χ1v) is 12.6. The van der Waals surface area contributed by atoms with Gasteiger partial charge in [-0.1, -0.05) is 30.3 Å². The normalized spacial score (nSPS) is 13.3. The van der Waals surface area contributed by atoms with Gasteiger partial charge in [0.1, 0.15) is 5.01 Å². The van der Waals surface area contributed by atoms with Crippen molar-refractivity contribution in [3.63, 3.8) is 0 Å². The number of imidazole rings is 1. The first kappa shape index (κ1) is 22.7. The zero-order valence-electron chi connectivity index (χ0n) is 18.2. The summed E-state index contributed by atoms with van der Waals surface area (Å²) in [5.41, 5.74) is 3.09. The predicted molar refractivity (Wildman–Crippen MR) is 121 cm³/mol. The standard InChI is InChI=1S/C22H30N4O2S2/c1-16(2)30(27,28)22-23-13-20(26(22)12-11-19-9-7-6-8-10-19)14-25(5)18(4)21-24-17(3)15-29-21/h6-10,13,15-16,18H,11-12,14H2,1-5H3/t18-/m0/s1. The molecule has 1 atom stereocenters. The Bertz CT molecular complexity index is 1070. The molecule has 6 nitrogen and oxygen atoms in total. The third kappa shape index (κ3) is 4.99. The van der Waals surface area contributed by atoms with Gasteiger partial charge < -0.3 is 4.57 Å². The zero-order chi connectivity index (χ0) is 21.9. The minimum atomic E-state index is -3.47. The SMILES string of the molecule is Cc1csc([C@H](C)N(C)Cc2cnc(S(=O)(=O)C(C)C)n2CCc2ccccc2)n1. The second-order valence-corrected chi connectivity index (χ2v) is 11.2. The highest BCUT2D eigenvalue weighted by Crippen LogP contribution is 2.25. The lowest BCUT2D eigenvalue weighted by Gasteiger charge is -2.24. The van der Waals surface area contributed by atoms with Crippen LogP contribution in [0.4, 0.5) is 0 Å². The van der Waals surface area contributed by atoms with Gasteiger partial charge in [-0.15, -0.1) is 11.3 Å². The summed E-state index contributed by atoms with van der Waals surface area (Å²) in [7, 11) is -1.44. The molecule has 0 aliphatic rings. The maximum absolute atomic E-state index is 12.9. The molecular formula is C22H30N4O2S2. The molecule has 2 aromatic heterocycles. The number of hydrogen-bond acceptors (Lipinski definition) is 6. The Balaban J connectivity index is 1.88. The Labute approximate surface area is 183 Å². The molecule has 0 bridgehead atoms. The smallest absolute Gasteiger partial charge is 0.228 e. The van der Waals surface area contributed by atoms with Crippen LogP contribution >= 0.6 is 11.3 Å². The quantitative estimate of drug-likeness (QED) is 0.491. The van der Waals surface area contributed by atoms with E-state index in [0.717, 1.165) is 22.8 Å². The van der Waals surface area contributed by atoms with Crippen LogP contribution in [0, 0.1) is 6.92 Å². The molecule has 3 rings (SSSR count). The van der Waals surface area contributed by atoms with Crippen LogP contribution < -0.4 is 0 Å². The number of aryl methyl sites for hydroxylation is 2. The van der Waals surface area contributed by atoms with E-state index in [1.165, 1.54) is 5.56 Å². The number of hydrogen-bond donors (Lipinski definition) is 0. The van der Waals surface area contributed by atoms with Crippen molar-refractivity contribution in [3.8, 4) is 0 Å². The van der Waals surface area contributed by atoms with Gasteiger partial charge in [-0.3, -0.25) is 4.90 Å². The molecule has 0 amide bonds. The summed E-state index contributed by atoms with van der Waals surface area (Å²) in [4.78, 5) is 11.1. The number of sulfone groups is 1. The van der Waals surface area contributed by atoms with Gasteiger partial charge in [0.15, 0.2) is 0 Å². The fourth-order valence-electron chi connectivity index (χ4n) is 3.23. The fourth-order valence-corrected chi connectivity index (χ4v) is 5.28. The highest BCUT2D eigenvalue weighted by Gasteiger charge is 2.27. The first-order valence-electron chi connectivity index (χ1n) is 10.1. The van der Waals surface area contributed by atoms with Crippen LogP contribution in [0.5, 0.6) is 0 Å². The monoisotopic (exact) mass is 446 g/mol. The predicted octanol–water partition coefficient (Wildman–Crippen LogP) is 4.27. The van der Waals surface area contributed by atoms with Crippen molar-refractivity contribution in [2.45, 2.75) is 63.7 Å². The molecule has 0 aliphatic heterocycles. The molecule has 1 aromatic carbocycles. The van der Waals surface area contributed by atoms with Crippen LogP contribution in [0.25, 0.3) is 0 Å². The van der Waals surface area contributed by atoms with E-state index >= 15 is 0 Å². The van der Waals surface area contributed by atoms with Gasteiger partial charge in [0.25, 0.3) is 0 Å². The molecular weight excluding hydrogens is 416 g/mol. The average Bonchev–Trinajstić information content (AvgIpc) is 3.33. The van der Waals surface area contributed by atoms with Crippen LogP contribution in [-0.2, 0) is 29.3 Å². The molecule has 0 fully saturated rings. The van der Waals surface area contributed by atoms with Crippen molar-refractivity contribution >= 4 is 21.2 Å². The van der Waals surface area contributed by atoms with E-state index in [-0.39, 0.29) is 11.2 Å². The van der Waals surface area contributed by atoms with Crippen LogP contribution in [0.15, 0.2) is 47.1 Å². The molecule has 0 unspecified atom stereocenters. The summed E-state index contributed by atoms with van der Waals surface area (Å²) in [5.74, 6) is 0. The van der Waals surface area contributed by atoms with Crippen LogP contribution in [0.1, 0.15) is 48.8 Å². The third-order valence-corrected chi connectivity index (χ3v) is 8.52. The van der Waals surface area contributed by atoms with Crippen molar-refractivity contribution < 1.29 is 8.42 Å². The molecule has 0 saturated heterocycles. The minimum Gasteiger partial charge on any atom is -0.317 e. The van der Waals surface area contributed by atoms with Gasteiger partial charge in [0.05, 0.1) is 23.2 Å². The van der Waals surface area contributed by atoms with Crippen molar-refractivity contribution in [1.82, 2.24) is 19.4 Å². The van der Waals surface area contributed by atoms with E-state index in [0.29, 0.717) is 13.1 Å². The first-order chi connectivity index (χ1) is 14.2. The summed E-state index contributed by atoms with van der Waals surface area (Å²) in [6.07, 6.45) is 2.45. The Kier molecular flexibility index (Phi) is 7.10. The molecule has 0 saturated carbocycles. The van der Waals surface area contributed by atoms with Crippen molar-refractivity contribution in [2.75, 3.05) is 7.05 Å². The van der Waals surface area contributed by atoms with Crippen molar-refractivity contribution in [2.24, 2.45) is 0 Å². The van der Waals surface area contributed by atoms with E-state index in [4.69, 9.17) is 0 Å². The summed E-state index contributed by atoms with van der Waals surface area (Å²) < 4.78 is 27.7. The molecule has 2 heterocycles. The molecule has 30 heavy (non-hydrogen) atoms. The van der Waals surface area contributed by atoms with Gasteiger partial charge in [-0.05, 0) is 46.7 Å². The van der Waals surface area contributed by atoms with E-state index in [1.807, 2.05) is 36.7 Å². The second-order valence-electron chi connectivity index (χ2n) is 7.93. The van der Waals surface area contributed by atoms with E-state index in [1.54, 1.807) is 31.4 Å². The number of aromatic nitrogens is 3. The van der Waals surface area contributed by atoms with Gasteiger partial charge in [0, 0.05) is 24.2 Å². The largest absolute Gasteiger partial charge is 0.317 e. The number of benzene rings is 1. The maximum atomic E-state index is 12.9. The lowest BCUT2D eigenvalue weighted by molar-refractivity contribution is 0.245. The number of rotatable bonds is 9. The van der Waals surface area contributed by atoms with E-state index < -0.39 is 15.1 Å². The number of thiazole rings is 1. The molecule has 3 aromatic rings. The van der Waals surface area contributed by atoms with Crippen molar-refractivity contribution in [1.29, 1.82) is 0 Å². The number of nitrogens with zero attached hydrogens (tertiary/aromatic N) is 4. The molecule has 0 spiro atoms. The highest BCUT2D eigenvalue weighted by molar-refractivity contribution is 7.91. The van der Waals surface area contributed by atoms with Crippen LogP contribution in [0.2, 0.25) is 0 Å². The minimum absolute atomic E-state index is 0.131. The second kappa shape index (κ2) is 9.41. The lowest BCUT2D eigenvalue weighted by Crippen LogP contribution is -2.25. The average molecular weight is 447 g/mol. The lowest BCUT2D eigenvalue weighted by atomic mass is 10.1. The Morgan fingerprint density at radius 1 is 1.17 bits per heavy atom. The van der Waals surface area contributed by atoms with Crippen LogP contribution in [0.3, 0.4) is 0 Å². The molecule has 0 radical (unpaired) electrons. The summed E-state index contributed by atoms with van der Waals surface area (Å²) in [5, 5.41) is 2.75. The van der Waals surface area contributed by atoms with Gasteiger partial charge in [-0.2, -0.15) is 0 Å². The highest BCUT2D eigenvalue weighted by atomic mass is 32.2. The topological polar surface area (TPSA) is 68.1 Å². The summed E-state index contributed by atoms with van der Waals surface area (Å²) in [6.45, 7) is 8.67. The Morgan fingerprint density at radius 2 is 1.87 bits per heavy atom. The maximum Gasteiger partial charge on any atom is 0.228 e.